The summed E-state index contributed by atoms with van der Waals surface area (Å²) in [6, 6.07) is 17.7. The first kappa shape index (κ1) is 24.4. The van der Waals surface area contributed by atoms with Crippen LogP contribution in [-0.4, -0.2) is 36.8 Å². The summed E-state index contributed by atoms with van der Waals surface area (Å²) < 4.78 is 27.2. The number of nitrogens with one attached hydrogen (secondary N) is 1. The van der Waals surface area contributed by atoms with Crippen molar-refractivity contribution in [3.63, 3.8) is 0 Å². The Hall–Kier alpha value is -3.20. The summed E-state index contributed by atoms with van der Waals surface area (Å²) in [5.74, 6) is -1.34. The Labute approximate surface area is 197 Å². The molecule has 0 unspecified atom stereocenters. The summed E-state index contributed by atoms with van der Waals surface area (Å²) in [5, 5.41) is 12.1. The SMILES string of the molecule is Cc1c(Cl)cccc1S(=O)(=O)N(C)Cc1cccc(C(=O)NCc2ccc(C(=O)O)cc2)c1. The summed E-state index contributed by atoms with van der Waals surface area (Å²) >= 11 is 6.08. The highest BCUT2D eigenvalue weighted by Gasteiger charge is 2.24. The topological polar surface area (TPSA) is 104 Å². The van der Waals surface area contributed by atoms with E-state index in [-0.39, 0.29) is 29.5 Å². The molecule has 0 saturated heterocycles. The van der Waals surface area contributed by atoms with Crippen molar-refractivity contribution >= 4 is 33.5 Å². The van der Waals surface area contributed by atoms with Crippen molar-refractivity contribution in [3.8, 4) is 0 Å². The number of carboxylic acid groups (broad SMARTS) is 1. The van der Waals surface area contributed by atoms with E-state index < -0.39 is 16.0 Å². The molecule has 0 heterocycles. The number of amides is 1. The smallest absolute Gasteiger partial charge is 0.335 e. The first-order chi connectivity index (χ1) is 15.6. The number of aromatic carboxylic acids is 1. The maximum atomic E-state index is 13.0. The Morgan fingerprint density at radius 1 is 0.970 bits per heavy atom. The predicted molar refractivity (Wildman–Crippen MR) is 126 cm³/mol. The fourth-order valence-electron chi connectivity index (χ4n) is 3.24. The maximum Gasteiger partial charge on any atom is 0.335 e. The quantitative estimate of drug-likeness (QED) is 0.499. The molecule has 0 radical (unpaired) electrons. The molecule has 0 aliphatic carbocycles. The van der Waals surface area contributed by atoms with Gasteiger partial charge in [0.05, 0.1) is 10.5 Å². The van der Waals surface area contributed by atoms with Crippen LogP contribution in [-0.2, 0) is 23.1 Å². The Morgan fingerprint density at radius 3 is 2.30 bits per heavy atom. The van der Waals surface area contributed by atoms with Gasteiger partial charge in [0.1, 0.15) is 0 Å². The van der Waals surface area contributed by atoms with Crippen LogP contribution in [0.15, 0.2) is 71.6 Å². The van der Waals surface area contributed by atoms with Gasteiger partial charge in [-0.05, 0) is 60.0 Å². The molecule has 3 aromatic rings. The second-order valence-corrected chi connectivity index (χ2v) is 9.93. The van der Waals surface area contributed by atoms with Crippen LogP contribution in [0.5, 0.6) is 0 Å². The number of rotatable bonds is 8. The Kier molecular flexibility index (Phi) is 7.53. The van der Waals surface area contributed by atoms with Gasteiger partial charge >= 0.3 is 5.97 Å². The number of carbonyl (C=O) groups excluding carboxylic acids is 1. The fraction of sp³-hybridized carbons (Fsp3) is 0.167. The minimum absolute atomic E-state index is 0.0755. The third-order valence-electron chi connectivity index (χ3n) is 5.15. The second-order valence-electron chi connectivity index (χ2n) is 7.51. The lowest BCUT2D eigenvalue weighted by molar-refractivity contribution is 0.0696. The first-order valence-electron chi connectivity index (χ1n) is 10.0. The lowest BCUT2D eigenvalue weighted by atomic mass is 10.1. The third-order valence-corrected chi connectivity index (χ3v) is 7.51. The highest BCUT2D eigenvalue weighted by atomic mass is 35.5. The average molecular weight is 487 g/mol. The highest BCUT2D eigenvalue weighted by Crippen LogP contribution is 2.26. The number of hydrogen-bond donors (Lipinski definition) is 2. The Balaban J connectivity index is 1.69. The van der Waals surface area contributed by atoms with Crippen molar-refractivity contribution in [2.45, 2.75) is 24.9 Å². The predicted octanol–water partition coefficient (Wildman–Crippen LogP) is 4.10. The van der Waals surface area contributed by atoms with E-state index in [2.05, 4.69) is 5.32 Å². The van der Waals surface area contributed by atoms with Crippen LogP contribution < -0.4 is 5.32 Å². The summed E-state index contributed by atoms with van der Waals surface area (Å²) in [5.41, 5.74) is 2.45. The molecule has 7 nitrogen and oxygen atoms in total. The monoisotopic (exact) mass is 486 g/mol. The van der Waals surface area contributed by atoms with Crippen molar-refractivity contribution < 1.29 is 23.1 Å². The molecule has 0 aromatic heterocycles. The fourth-order valence-corrected chi connectivity index (χ4v) is 4.87. The van der Waals surface area contributed by atoms with Gasteiger partial charge in [-0.2, -0.15) is 4.31 Å². The van der Waals surface area contributed by atoms with E-state index in [9.17, 15) is 18.0 Å². The van der Waals surface area contributed by atoms with Crippen LogP contribution in [0, 0.1) is 6.92 Å². The minimum Gasteiger partial charge on any atom is -0.478 e. The van der Waals surface area contributed by atoms with Gasteiger partial charge in [-0.25, -0.2) is 13.2 Å². The van der Waals surface area contributed by atoms with Crippen molar-refractivity contribution in [2.75, 3.05) is 7.05 Å². The molecular weight excluding hydrogens is 464 g/mol. The van der Waals surface area contributed by atoms with E-state index >= 15 is 0 Å². The van der Waals surface area contributed by atoms with Crippen LogP contribution >= 0.6 is 11.6 Å². The Bertz CT molecular complexity index is 1290. The standard InChI is InChI=1S/C24H23ClN2O5S/c1-16-21(25)7-4-8-22(16)33(31,32)27(2)15-18-5-3-6-20(13-18)23(28)26-14-17-9-11-19(12-10-17)24(29)30/h3-13H,14-15H2,1-2H3,(H,26,28)(H,29,30). The third kappa shape index (κ3) is 5.78. The van der Waals surface area contributed by atoms with Crippen LogP contribution in [0.2, 0.25) is 5.02 Å². The number of carboxylic acids is 1. The second kappa shape index (κ2) is 10.2. The molecule has 0 bridgehead atoms. The number of halogens is 1. The molecule has 3 aromatic carbocycles. The largest absolute Gasteiger partial charge is 0.478 e. The molecule has 0 aliphatic rings. The van der Waals surface area contributed by atoms with E-state index in [0.717, 1.165) is 5.56 Å². The van der Waals surface area contributed by atoms with Gasteiger partial charge in [0.25, 0.3) is 5.91 Å². The summed E-state index contributed by atoms with van der Waals surface area (Å²) in [7, 11) is -2.30. The number of benzene rings is 3. The molecule has 33 heavy (non-hydrogen) atoms. The van der Waals surface area contributed by atoms with Gasteiger partial charge in [-0.3, -0.25) is 4.79 Å². The van der Waals surface area contributed by atoms with Crippen molar-refractivity contribution in [1.82, 2.24) is 9.62 Å². The van der Waals surface area contributed by atoms with Crippen LogP contribution in [0.4, 0.5) is 0 Å². The molecule has 1 amide bonds. The van der Waals surface area contributed by atoms with Crippen molar-refractivity contribution in [2.24, 2.45) is 0 Å². The zero-order valence-electron chi connectivity index (χ0n) is 18.1. The van der Waals surface area contributed by atoms with Crippen LogP contribution in [0.1, 0.15) is 37.4 Å². The Morgan fingerprint density at radius 2 is 1.64 bits per heavy atom. The lowest BCUT2D eigenvalue weighted by Gasteiger charge is -2.19. The number of carbonyl (C=O) groups is 2. The molecule has 0 saturated carbocycles. The van der Waals surface area contributed by atoms with E-state index in [1.165, 1.54) is 29.6 Å². The summed E-state index contributed by atoms with van der Waals surface area (Å²) in [4.78, 5) is 23.6. The van der Waals surface area contributed by atoms with Gasteiger partial charge in [0.2, 0.25) is 10.0 Å². The van der Waals surface area contributed by atoms with E-state index in [0.29, 0.717) is 21.7 Å². The van der Waals surface area contributed by atoms with Gasteiger partial charge in [0, 0.05) is 30.7 Å². The zero-order valence-corrected chi connectivity index (χ0v) is 19.7. The summed E-state index contributed by atoms with van der Waals surface area (Å²) in [6.07, 6.45) is 0. The molecule has 0 atom stereocenters. The number of sulfonamides is 1. The molecule has 172 valence electrons. The van der Waals surface area contributed by atoms with Gasteiger partial charge in [-0.1, -0.05) is 41.9 Å². The van der Waals surface area contributed by atoms with Crippen LogP contribution in [0.3, 0.4) is 0 Å². The molecule has 0 spiro atoms. The molecule has 9 heteroatoms. The highest BCUT2D eigenvalue weighted by molar-refractivity contribution is 7.89. The molecular formula is C24H23ClN2O5S. The first-order valence-corrected chi connectivity index (χ1v) is 11.8. The average Bonchev–Trinajstić information content (AvgIpc) is 2.79. The van der Waals surface area contributed by atoms with Gasteiger partial charge in [-0.15, -0.1) is 0 Å². The zero-order chi connectivity index (χ0) is 24.2. The van der Waals surface area contributed by atoms with Crippen molar-refractivity contribution in [1.29, 1.82) is 0 Å². The van der Waals surface area contributed by atoms with Gasteiger partial charge in [0.15, 0.2) is 0 Å². The number of nitrogens with zero attached hydrogens (tertiary/aromatic N) is 1. The number of hydrogen-bond acceptors (Lipinski definition) is 4. The molecule has 3 rings (SSSR count). The normalized spacial score (nSPS) is 11.4. The van der Waals surface area contributed by atoms with E-state index in [4.69, 9.17) is 16.7 Å². The van der Waals surface area contributed by atoms with E-state index in [1.54, 1.807) is 55.5 Å². The maximum absolute atomic E-state index is 13.0. The van der Waals surface area contributed by atoms with Gasteiger partial charge < -0.3 is 10.4 Å². The van der Waals surface area contributed by atoms with Crippen LogP contribution in [0.25, 0.3) is 0 Å². The summed E-state index contributed by atoms with van der Waals surface area (Å²) in [6.45, 7) is 1.96. The minimum atomic E-state index is -3.77. The van der Waals surface area contributed by atoms with Crippen molar-refractivity contribution in [3.05, 3.63) is 99.6 Å². The molecule has 0 fully saturated rings. The van der Waals surface area contributed by atoms with E-state index in [1.807, 2.05) is 0 Å². The molecule has 2 N–H and O–H groups in total. The lowest BCUT2D eigenvalue weighted by Crippen LogP contribution is -2.27. The molecule has 0 aliphatic heterocycles.